The molecular formula is C19H26N2O2. The molecule has 124 valence electrons. The number of hydrogen-bond donors (Lipinski definition) is 0. The van der Waals surface area contributed by atoms with E-state index < -0.39 is 0 Å². The van der Waals surface area contributed by atoms with Crippen LogP contribution < -0.4 is 0 Å². The van der Waals surface area contributed by atoms with Gasteiger partial charge in [0, 0.05) is 26.2 Å². The number of amides is 2. The molecular weight excluding hydrogens is 288 g/mol. The molecule has 2 fully saturated rings. The van der Waals surface area contributed by atoms with Gasteiger partial charge in [-0.25, -0.2) is 0 Å². The molecule has 4 nitrogen and oxygen atoms in total. The second-order valence-electron chi connectivity index (χ2n) is 6.81. The van der Waals surface area contributed by atoms with E-state index in [1.54, 1.807) is 0 Å². The van der Waals surface area contributed by atoms with Crippen LogP contribution in [0.25, 0.3) is 0 Å². The van der Waals surface area contributed by atoms with Gasteiger partial charge < -0.3 is 9.80 Å². The molecule has 0 unspecified atom stereocenters. The van der Waals surface area contributed by atoms with Gasteiger partial charge in [-0.15, -0.1) is 0 Å². The monoisotopic (exact) mass is 314 g/mol. The van der Waals surface area contributed by atoms with Crippen molar-refractivity contribution in [2.24, 2.45) is 5.41 Å². The maximum absolute atomic E-state index is 12.7. The highest BCUT2D eigenvalue weighted by Crippen LogP contribution is 2.41. The molecule has 2 saturated heterocycles. The van der Waals surface area contributed by atoms with Gasteiger partial charge in [-0.1, -0.05) is 30.3 Å². The van der Waals surface area contributed by atoms with Crippen LogP contribution >= 0.6 is 0 Å². The van der Waals surface area contributed by atoms with Crippen LogP contribution in [0.1, 0.15) is 38.2 Å². The van der Waals surface area contributed by atoms with Gasteiger partial charge in [0.15, 0.2) is 0 Å². The second-order valence-corrected chi connectivity index (χ2v) is 6.81. The van der Waals surface area contributed by atoms with Gasteiger partial charge in [-0.05, 0) is 38.2 Å². The summed E-state index contributed by atoms with van der Waals surface area (Å²) in [7, 11) is 0. The number of nitrogens with zero attached hydrogens (tertiary/aromatic N) is 2. The molecule has 0 N–H and O–H groups in total. The van der Waals surface area contributed by atoms with Crippen molar-refractivity contribution in [3.8, 4) is 0 Å². The van der Waals surface area contributed by atoms with E-state index in [2.05, 4.69) is 0 Å². The third kappa shape index (κ3) is 3.26. The number of rotatable bonds is 3. The van der Waals surface area contributed by atoms with E-state index >= 15 is 0 Å². The summed E-state index contributed by atoms with van der Waals surface area (Å²) in [6.45, 7) is 5.23. The average molecular weight is 314 g/mol. The Hall–Kier alpha value is -1.84. The number of carbonyl (C=O) groups is 2. The Bertz CT molecular complexity index is 572. The quantitative estimate of drug-likeness (QED) is 0.860. The first kappa shape index (κ1) is 16.0. The van der Waals surface area contributed by atoms with Crippen molar-refractivity contribution in [3.05, 3.63) is 35.9 Å². The molecule has 23 heavy (non-hydrogen) atoms. The number of carbonyl (C=O) groups excluding carboxylic acids is 2. The van der Waals surface area contributed by atoms with Gasteiger partial charge in [0.2, 0.25) is 11.8 Å². The summed E-state index contributed by atoms with van der Waals surface area (Å²) >= 11 is 0. The zero-order chi connectivity index (χ0) is 16.3. The summed E-state index contributed by atoms with van der Waals surface area (Å²) < 4.78 is 0. The summed E-state index contributed by atoms with van der Waals surface area (Å²) in [5, 5.41) is 0. The smallest absolute Gasteiger partial charge is 0.228 e. The molecule has 0 aromatic heterocycles. The van der Waals surface area contributed by atoms with Crippen molar-refractivity contribution in [3.63, 3.8) is 0 Å². The highest BCUT2D eigenvalue weighted by molar-refractivity contribution is 5.85. The van der Waals surface area contributed by atoms with Gasteiger partial charge in [0.1, 0.15) is 0 Å². The van der Waals surface area contributed by atoms with Gasteiger partial charge in [-0.2, -0.15) is 0 Å². The van der Waals surface area contributed by atoms with E-state index in [-0.39, 0.29) is 11.3 Å². The lowest BCUT2D eigenvalue weighted by Gasteiger charge is -2.26. The molecule has 2 amide bonds. The molecule has 0 saturated carbocycles. The minimum Gasteiger partial charge on any atom is -0.342 e. The molecule has 1 aromatic rings. The van der Waals surface area contributed by atoms with Gasteiger partial charge in [0.05, 0.1) is 11.8 Å². The summed E-state index contributed by atoms with van der Waals surface area (Å²) in [5.74, 6) is 0.503. The second kappa shape index (κ2) is 6.73. The molecule has 1 aromatic carbocycles. The van der Waals surface area contributed by atoms with E-state index in [0.717, 1.165) is 57.4 Å². The number of likely N-dealkylation sites (tertiary alicyclic amines) is 2. The number of hydrogen-bond acceptors (Lipinski definition) is 2. The Morgan fingerprint density at radius 1 is 1.09 bits per heavy atom. The maximum atomic E-state index is 12.7. The van der Waals surface area contributed by atoms with Crippen LogP contribution in [0.2, 0.25) is 0 Å². The minimum absolute atomic E-state index is 0.186. The molecule has 0 radical (unpaired) electrons. The van der Waals surface area contributed by atoms with Crippen molar-refractivity contribution >= 4 is 11.8 Å². The van der Waals surface area contributed by atoms with Crippen molar-refractivity contribution < 1.29 is 9.59 Å². The zero-order valence-corrected chi connectivity index (χ0v) is 14.0. The Kier molecular flexibility index (Phi) is 4.69. The van der Waals surface area contributed by atoms with Crippen molar-refractivity contribution in [2.45, 2.75) is 39.0 Å². The predicted molar refractivity (Wildman–Crippen MR) is 89.9 cm³/mol. The standard InChI is InChI=1S/C19H26N2O2/c1-2-20-13-10-19(18(20)23)9-6-12-21(14-11-19)17(22)15-16-7-4-3-5-8-16/h3-5,7-8H,2,6,9-15H2,1H3/t19-/m0/s1. The van der Waals surface area contributed by atoms with Crippen LogP contribution in [0.3, 0.4) is 0 Å². The SMILES string of the molecule is CCN1CC[C@]2(CCCN(C(=O)Cc3ccccc3)CC2)C1=O. The Morgan fingerprint density at radius 2 is 1.83 bits per heavy atom. The van der Waals surface area contributed by atoms with E-state index in [1.165, 1.54) is 0 Å². The van der Waals surface area contributed by atoms with Crippen molar-refractivity contribution in [1.82, 2.24) is 9.80 Å². The summed E-state index contributed by atoms with van der Waals surface area (Å²) in [6, 6.07) is 9.90. The summed E-state index contributed by atoms with van der Waals surface area (Å²) in [5.41, 5.74) is 0.864. The van der Waals surface area contributed by atoms with Crippen LogP contribution in [-0.2, 0) is 16.0 Å². The maximum Gasteiger partial charge on any atom is 0.228 e. The van der Waals surface area contributed by atoms with Gasteiger partial charge in [-0.3, -0.25) is 9.59 Å². The lowest BCUT2D eigenvalue weighted by Crippen LogP contribution is -2.37. The molecule has 2 aliphatic rings. The van der Waals surface area contributed by atoms with E-state index in [9.17, 15) is 9.59 Å². The normalized spacial score (nSPS) is 25.0. The first-order valence-corrected chi connectivity index (χ1v) is 8.76. The molecule has 2 heterocycles. The first-order chi connectivity index (χ1) is 11.1. The van der Waals surface area contributed by atoms with Crippen LogP contribution in [0.4, 0.5) is 0 Å². The van der Waals surface area contributed by atoms with Crippen LogP contribution in [0.5, 0.6) is 0 Å². The Balaban J connectivity index is 1.63. The molecule has 3 rings (SSSR count). The van der Waals surface area contributed by atoms with Gasteiger partial charge in [0.25, 0.3) is 0 Å². The Morgan fingerprint density at radius 3 is 2.52 bits per heavy atom. The zero-order valence-electron chi connectivity index (χ0n) is 14.0. The van der Waals surface area contributed by atoms with Gasteiger partial charge >= 0.3 is 0 Å². The van der Waals surface area contributed by atoms with E-state index in [0.29, 0.717) is 12.3 Å². The van der Waals surface area contributed by atoms with Crippen LogP contribution in [-0.4, -0.2) is 47.8 Å². The molecule has 1 atom stereocenters. The van der Waals surface area contributed by atoms with Crippen molar-refractivity contribution in [2.75, 3.05) is 26.2 Å². The molecule has 0 aliphatic carbocycles. The predicted octanol–water partition coefficient (Wildman–Crippen LogP) is 2.48. The molecule has 2 aliphatic heterocycles. The minimum atomic E-state index is -0.197. The molecule has 4 heteroatoms. The molecule has 1 spiro atoms. The van der Waals surface area contributed by atoms with Crippen molar-refractivity contribution in [1.29, 1.82) is 0 Å². The number of benzene rings is 1. The third-order valence-corrected chi connectivity index (χ3v) is 5.48. The largest absolute Gasteiger partial charge is 0.342 e. The topological polar surface area (TPSA) is 40.6 Å². The van der Waals surface area contributed by atoms with Crippen LogP contribution in [0, 0.1) is 5.41 Å². The summed E-state index contributed by atoms with van der Waals surface area (Å²) in [6.07, 6.45) is 4.10. The fraction of sp³-hybridized carbons (Fsp3) is 0.579. The highest BCUT2D eigenvalue weighted by Gasteiger charge is 2.46. The van der Waals surface area contributed by atoms with E-state index in [4.69, 9.17) is 0 Å². The fourth-order valence-electron chi connectivity index (χ4n) is 3.98. The highest BCUT2D eigenvalue weighted by atomic mass is 16.2. The third-order valence-electron chi connectivity index (χ3n) is 5.48. The fourth-order valence-corrected chi connectivity index (χ4v) is 3.98. The lowest BCUT2D eigenvalue weighted by atomic mass is 9.79. The average Bonchev–Trinajstić information content (AvgIpc) is 2.74. The van der Waals surface area contributed by atoms with Crippen LogP contribution in [0.15, 0.2) is 30.3 Å². The first-order valence-electron chi connectivity index (χ1n) is 8.76. The Labute approximate surface area is 138 Å². The molecule has 0 bridgehead atoms. The van der Waals surface area contributed by atoms with E-state index in [1.807, 2.05) is 47.1 Å². The summed E-state index contributed by atoms with van der Waals surface area (Å²) in [4.78, 5) is 29.1. The lowest BCUT2D eigenvalue weighted by molar-refractivity contribution is -0.137.